The molecule has 1 aromatic heterocycles. The standard InChI is InChI=1S/C26H28N4O3/c1-27-26(32)24-22-15-19-11-12-20(16-29(22)25(28-24)18-8-4-3-5-9-18)30(19)23(31)14-17-7-6-10-21(13-17)33-2/h3-10,13,19-20H,11-12,14-16H2,1-2H3,(H,27,32)/t19-,20+/m0/s1. The molecule has 33 heavy (non-hydrogen) atoms. The SMILES string of the molecule is CNC(=O)c1nc(-c2ccccc2)n2c1C[C@@H]1CC[C@H](C2)N1C(=O)Cc1cccc(OC)c1. The molecule has 0 aliphatic carbocycles. The molecule has 1 fully saturated rings. The van der Waals surface area contributed by atoms with Gasteiger partial charge in [-0.1, -0.05) is 42.5 Å². The van der Waals surface area contributed by atoms with E-state index in [0.29, 0.717) is 25.1 Å². The van der Waals surface area contributed by atoms with Crippen molar-refractivity contribution in [3.63, 3.8) is 0 Å². The van der Waals surface area contributed by atoms with Gasteiger partial charge in [0.2, 0.25) is 5.91 Å². The number of nitrogens with one attached hydrogen (secondary N) is 1. The number of carbonyl (C=O) groups is 2. The number of nitrogens with zero attached hydrogens (tertiary/aromatic N) is 3. The van der Waals surface area contributed by atoms with Crippen LogP contribution < -0.4 is 10.1 Å². The highest BCUT2D eigenvalue weighted by Crippen LogP contribution is 2.36. The maximum Gasteiger partial charge on any atom is 0.271 e. The van der Waals surface area contributed by atoms with Gasteiger partial charge in [0.25, 0.3) is 5.91 Å². The Morgan fingerprint density at radius 2 is 1.88 bits per heavy atom. The Morgan fingerprint density at radius 3 is 2.64 bits per heavy atom. The molecule has 5 rings (SSSR count). The third-order valence-corrected chi connectivity index (χ3v) is 6.77. The summed E-state index contributed by atoms with van der Waals surface area (Å²) < 4.78 is 7.48. The summed E-state index contributed by atoms with van der Waals surface area (Å²) in [4.78, 5) is 33.0. The first kappa shape index (κ1) is 21.2. The minimum absolute atomic E-state index is 0.0677. The molecule has 7 heteroatoms. The van der Waals surface area contributed by atoms with Gasteiger partial charge in [0.1, 0.15) is 17.3 Å². The Labute approximate surface area is 193 Å². The number of hydrogen-bond donors (Lipinski definition) is 1. The highest BCUT2D eigenvalue weighted by Gasteiger charge is 2.42. The maximum atomic E-state index is 13.5. The van der Waals surface area contributed by atoms with Crippen LogP contribution in [-0.2, 0) is 24.2 Å². The summed E-state index contributed by atoms with van der Waals surface area (Å²) in [5.74, 6) is 1.48. The molecule has 2 bridgehead atoms. The first-order chi connectivity index (χ1) is 16.1. The van der Waals surface area contributed by atoms with Crippen molar-refractivity contribution in [3.05, 3.63) is 71.5 Å². The number of imidazole rings is 1. The summed E-state index contributed by atoms with van der Waals surface area (Å²) in [6.07, 6.45) is 2.86. The van der Waals surface area contributed by atoms with Gasteiger partial charge in [0, 0.05) is 31.6 Å². The number of carbonyl (C=O) groups excluding carboxylic acids is 2. The molecule has 2 aliphatic rings. The zero-order chi connectivity index (χ0) is 22.9. The van der Waals surface area contributed by atoms with E-state index in [1.807, 2.05) is 54.6 Å². The van der Waals surface area contributed by atoms with E-state index in [1.54, 1.807) is 14.2 Å². The molecule has 3 aromatic rings. The number of amides is 2. The molecule has 2 aromatic carbocycles. The third kappa shape index (κ3) is 3.88. The highest BCUT2D eigenvalue weighted by molar-refractivity contribution is 5.94. The van der Waals surface area contributed by atoms with Crippen LogP contribution in [0.1, 0.15) is 34.6 Å². The van der Waals surface area contributed by atoms with Crippen LogP contribution in [0.3, 0.4) is 0 Å². The summed E-state index contributed by atoms with van der Waals surface area (Å²) in [5, 5.41) is 2.73. The second kappa shape index (κ2) is 8.73. The Morgan fingerprint density at radius 1 is 1.09 bits per heavy atom. The van der Waals surface area contributed by atoms with Gasteiger partial charge in [-0.3, -0.25) is 9.59 Å². The molecule has 0 radical (unpaired) electrons. The average molecular weight is 445 g/mol. The quantitative estimate of drug-likeness (QED) is 0.656. The van der Waals surface area contributed by atoms with Crippen molar-refractivity contribution in [1.29, 1.82) is 0 Å². The Balaban J connectivity index is 1.48. The molecule has 1 saturated heterocycles. The fraction of sp³-hybridized carbons (Fsp3) is 0.346. The molecule has 7 nitrogen and oxygen atoms in total. The van der Waals surface area contributed by atoms with Gasteiger partial charge in [-0.15, -0.1) is 0 Å². The zero-order valence-electron chi connectivity index (χ0n) is 19.0. The van der Waals surface area contributed by atoms with E-state index >= 15 is 0 Å². The Hall–Kier alpha value is -3.61. The molecule has 2 aliphatic heterocycles. The molecule has 2 atom stereocenters. The molecular formula is C26H28N4O3. The van der Waals surface area contributed by atoms with Gasteiger partial charge in [0.05, 0.1) is 25.3 Å². The van der Waals surface area contributed by atoms with Gasteiger partial charge in [-0.2, -0.15) is 0 Å². The van der Waals surface area contributed by atoms with Gasteiger partial charge >= 0.3 is 0 Å². The summed E-state index contributed by atoms with van der Waals surface area (Å²) in [6, 6.07) is 17.8. The highest BCUT2D eigenvalue weighted by atomic mass is 16.5. The minimum Gasteiger partial charge on any atom is -0.497 e. The van der Waals surface area contributed by atoms with E-state index in [4.69, 9.17) is 9.72 Å². The minimum atomic E-state index is -0.187. The van der Waals surface area contributed by atoms with Crippen LogP contribution in [0.2, 0.25) is 0 Å². The van der Waals surface area contributed by atoms with Crippen LogP contribution in [0.15, 0.2) is 54.6 Å². The van der Waals surface area contributed by atoms with Gasteiger partial charge in [-0.05, 0) is 30.5 Å². The van der Waals surface area contributed by atoms with E-state index in [2.05, 4.69) is 14.8 Å². The lowest BCUT2D eigenvalue weighted by atomic mass is 10.0. The topological polar surface area (TPSA) is 76.5 Å². The van der Waals surface area contributed by atoms with E-state index in [-0.39, 0.29) is 23.9 Å². The molecule has 0 unspecified atom stereocenters. The fourth-order valence-corrected chi connectivity index (χ4v) is 5.23. The number of aromatic nitrogens is 2. The van der Waals surface area contributed by atoms with Crippen LogP contribution in [0.5, 0.6) is 5.75 Å². The normalized spacial score (nSPS) is 19.0. The lowest BCUT2D eigenvalue weighted by Gasteiger charge is -2.28. The smallest absolute Gasteiger partial charge is 0.271 e. The van der Waals surface area contributed by atoms with Crippen LogP contribution in [0.4, 0.5) is 0 Å². The summed E-state index contributed by atoms with van der Waals surface area (Å²) in [6.45, 7) is 0.643. The largest absolute Gasteiger partial charge is 0.497 e. The summed E-state index contributed by atoms with van der Waals surface area (Å²) in [5.41, 5.74) is 3.30. The Kier molecular flexibility index (Phi) is 5.62. The van der Waals surface area contributed by atoms with E-state index in [9.17, 15) is 9.59 Å². The van der Waals surface area contributed by atoms with Gasteiger partial charge in [-0.25, -0.2) is 4.98 Å². The zero-order valence-corrected chi connectivity index (χ0v) is 19.0. The number of benzene rings is 2. The number of hydrogen-bond acceptors (Lipinski definition) is 4. The van der Waals surface area contributed by atoms with Crippen molar-refractivity contribution in [2.24, 2.45) is 0 Å². The summed E-state index contributed by atoms with van der Waals surface area (Å²) >= 11 is 0. The van der Waals surface area contributed by atoms with Crippen LogP contribution in [0, 0.1) is 0 Å². The number of ether oxygens (including phenoxy) is 1. The Bertz CT molecular complexity index is 1190. The number of methoxy groups -OCH3 is 1. The molecule has 0 spiro atoms. The number of rotatable bonds is 5. The van der Waals surface area contributed by atoms with Crippen molar-refractivity contribution < 1.29 is 14.3 Å². The molecule has 0 saturated carbocycles. The third-order valence-electron chi connectivity index (χ3n) is 6.77. The van der Waals surface area contributed by atoms with Crippen molar-refractivity contribution in [2.45, 2.75) is 44.3 Å². The molecule has 170 valence electrons. The van der Waals surface area contributed by atoms with Crippen LogP contribution in [0.25, 0.3) is 11.4 Å². The monoisotopic (exact) mass is 444 g/mol. The predicted octanol–water partition coefficient (Wildman–Crippen LogP) is 3.08. The fourth-order valence-electron chi connectivity index (χ4n) is 5.23. The van der Waals surface area contributed by atoms with Crippen molar-refractivity contribution in [3.8, 4) is 17.1 Å². The van der Waals surface area contributed by atoms with Crippen molar-refractivity contribution >= 4 is 11.8 Å². The second-order valence-electron chi connectivity index (χ2n) is 8.70. The molecule has 2 amide bonds. The van der Waals surface area contributed by atoms with Crippen molar-refractivity contribution in [2.75, 3.05) is 14.2 Å². The molecule has 3 heterocycles. The predicted molar refractivity (Wildman–Crippen MR) is 125 cm³/mol. The first-order valence-corrected chi connectivity index (χ1v) is 11.4. The summed E-state index contributed by atoms with van der Waals surface area (Å²) in [7, 11) is 3.26. The van der Waals surface area contributed by atoms with E-state index in [0.717, 1.165) is 41.2 Å². The second-order valence-corrected chi connectivity index (χ2v) is 8.70. The van der Waals surface area contributed by atoms with E-state index < -0.39 is 0 Å². The van der Waals surface area contributed by atoms with Crippen LogP contribution in [-0.4, -0.2) is 52.5 Å². The average Bonchev–Trinajstić information content (AvgIpc) is 3.35. The maximum absolute atomic E-state index is 13.5. The first-order valence-electron chi connectivity index (χ1n) is 11.4. The molecule has 1 N–H and O–H groups in total. The van der Waals surface area contributed by atoms with Crippen molar-refractivity contribution in [1.82, 2.24) is 19.8 Å². The van der Waals surface area contributed by atoms with Crippen LogP contribution >= 0.6 is 0 Å². The van der Waals surface area contributed by atoms with E-state index in [1.165, 1.54) is 0 Å². The number of fused-ring (bicyclic) bond motifs is 3. The van der Waals surface area contributed by atoms with Gasteiger partial charge in [0.15, 0.2) is 0 Å². The molecular weight excluding hydrogens is 416 g/mol. The van der Waals surface area contributed by atoms with Gasteiger partial charge < -0.3 is 19.5 Å². The lowest BCUT2D eigenvalue weighted by molar-refractivity contribution is -0.133. The lowest BCUT2D eigenvalue weighted by Crippen LogP contribution is -2.43.